The van der Waals surface area contributed by atoms with Gasteiger partial charge in [-0.3, -0.25) is 0 Å². The predicted molar refractivity (Wildman–Crippen MR) is 64.2 cm³/mol. The molecule has 0 fully saturated rings. The van der Waals surface area contributed by atoms with Crippen LogP contribution in [0.4, 0.5) is 0 Å². The van der Waals surface area contributed by atoms with E-state index < -0.39 is 5.97 Å². The Labute approximate surface area is 99.3 Å². The van der Waals surface area contributed by atoms with Crippen LogP contribution in [0.3, 0.4) is 0 Å². The van der Waals surface area contributed by atoms with Gasteiger partial charge in [-0.25, -0.2) is 4.79 Å². The van der Waals surface area contributed by atoms with Gasteiger partial charge in [-0.05, 0) is 30.7 Å². The molecule has 0 saturated carbocycles. The van der Waals surface area contributed by atoms with E-state index in [0.29, 0.717) is 11.1 Å². The summed E-state index contributed by atoms with van der Waals surface area (Å²) < 4.78 is 5.17. The molecule has 0 heterocycles. The Morgan fingerprint density at radius 2 is 1.76 bits per heavy atom. The summed E-state index contributed by atoms with van der Waals surface area (Å²) >= 11 is 0. The average molecular weight is 228 g/mol. The van der Waals surface area contributed by atoms with E-state index in [0.717, 1.165) is 0 Å². The SMILES string of the molecule is Cc1cccc(O)c1OC(=O)c1ccccc1. The second kappa shape index (κ2) is 4.70. The first-order chi connectivity index (χ1) is 8.18. The zero-order valence-corrected chi connectivity index (χ0v) is 9.38. The van der Waals surface area contributed by atoms with Gasteiger partial charge in [0.25, 0.3) is 0 Å². The number of ether oxygens (including phenoxy) is 1. The number of aryl methyl sites for hydroxylation is 1. The summed E-state index contributed by atoms with van der Waals surface area (Å²) in [4.78, 5) is 11.8. The minimum atomic E-state index is -0.477. The molecule has 0 radical (unpaired) electrons. The minimum absolute atomic E-state index is 0.0331. The molecule has 3 nitrogen and oxygen atoms in total. The fraction of sp³-hybridized carbons (Fsp3) is 0.0714. The monoisotopic (exact) mass is 228 g/mol. The highest BCUT2D eigenvalue weighted by Gasteiger charge is 2.12. The van der Waals surface area contributed by atoms with Gasteiger partial charge < -0.3 is 9.84 Å². The molecule has 86 valence electrons. The van der Waals surface area contributed by atoms with Gasteiger partial charge in [0.05, 0.1) is 5.56 Å². The number of phenols is 1. The van der Waals surface area contributed by atoms with Crippen LogP contribution in [0, 0.1) is 6.92 Å². The molecule has 0 aliphatic carbocycles. The third-order valence-corrected chi connectivity index (χ3v) is 2.40. The van der Waals surface area contributed by atoms with Crippen LogP contribution in [-0.4, -0.2) is 11.1 Å². The Morgan fingerprint density at radius 3 is 2.41 bits per heavy atom. The van der Waals surface area contributed by atoms with Crippen molar-refractivity contribution in [2.75, 3.05) is 0 Å². The molecule has 0 spiro atoms. The number of carbonyl (C=O) groups excluding carboxylic acids is 1. The quantitative estimate of drug-likeness (QED) is 0.635. The van der Waals surface area contributed by atoms with Crippen molar-refractivity contribution in [1.29, 1.82) is 0 Å². The fourth-order valence-electron chi connectivity index (χ4n) is 1.50. The van der Waals surface area contributed by atoms with Crippen LogP contribution < -0.4 is 4.74 Å². The molecule has 3 heteroatoms. The molecule has 2 rings (SSSR count). The van der Waals surface area contributed by atoms with Crippen molar-refractivity contribution in [3.63, 3.8) is 0 Å². The van der Waals surface area contributed by atoms with Crippen LogP contribution in [-0.2, 0) is 0 Å². The summed E-state index contributed by atoms with van der Waals surface area (Å²) in [5, 5.41) is 9.61. The molecule has 0 saturated heterocycles. The summed E-state index contributed by atoms with van der Waals surface area (Å²) in [5.41, 5.74) is 1.17. The third kappa shape index (κ3) is 2.45. The van der Waals surface area contributed by atoms with Crippen molar-refractivity contribution in [3.05, 3.63) is 59.7 Å². The molecule has 1 N–H and O–H groups in total. The summed E-state index contributed by atoms with van der Waals surface area (Å²) in [7, 11) is 0. The second-order valence-electron chi connectivity index (χ2n) is 3.68. The summed E-state index contributed by atoms with van der Waals surface area (Å²) in [6.45, 7) is 1.77. The number of esters is 1. The van der Waals surface area contributed by atoms with Gasteiger partial charge in [-0.15, -0.1) is 0 Å². The molecule has 17 heavy (non-hydrogen) atoms. The zero-order valence-electron chi connectivity index (χ0n) is 9.38. The van der Waals surface area contributed by atoms with Gasteiger partial charge in [0.15, 0.2) is 11.5 Å². The maximum Gasteiger partial charge on any atom is 0.343 e. The maximum atomic E-state index is 11.8. The summed E-state index contributed by atoms with van der Waals surface area (Å²) in [6, 6.07) is 13.6. The van der Waals surface area contributed by atoms with Crippen molar-refractivity contribution in [1.82, 2.24) is 0 Å². The predicted octanol–water partition coefficient (Wildman–Crippen LogP) is 2.92. The Kier molecular flexibility index (Phi) is 3.10. The van der Waals surface area contributed by atoms with E-state index in [1.165, 1.54) is 6.07 Å². The van der Waals surface area contributed by atoms with Gasteiger partial charge in [0, 0.05) is 0 Å². The Balaban J connectivity index is 2.25. The van der Waals surface area contributed by atoms with E-state index in [2.05, 4.69) is 0 Å². The van der Waals surface area contributed by atoms with Crippen molar-refractivity contribution < 1.29 is 14.6 Å². The highest BCUT2D eigenvalue weighted by atomic mass is 16.5. The molecule has 0 unspecified atom stereocenters. The molecule has 0 aliphatic rings. The number of rotatable bonds is 2. The normalized spacial score (nSPS) is 9.94. The highest BCUT2D eigenvalue weighted by Crippen LogP contribution is 2.29. The number of hydrogen-bond donors (Lipinski definition) is 1. The maximum absolute atomic E-state index is 11.8. The molecule has 0 bridgehead atoms. The Morgan fingerprint density at radius 1 is 1.06 bits per heavy atom. The Bertz CT molecular complexity index is 512. The molecule has 0 amide bonds. The third-order valence-electron chi connectivity index (χ3n) is 2.40. The molecule has 0 aliphatic heterocycles. The first-order valence-electron chi connectivity index (χ1n) is 5.24. The van der Waals surface area contributed by atoms with Gasteiger partial charge in [-0.1, -0.05) is 30.3 Å². The smallest absolute Gasteiger partial charge is 0.343 e. The summed E-state index contributed by atoms with van der Waals surface area (Å²) in [6.07, 6.45) is 0. The highest BCUT2D eigenvalue weighted by molar-refractivity contribution is 5.91. The lowest BCUT2D eigenvalue weighted by atomic mass is 10.2. The lowest BCUT2D eigenvalue weighted by Crippen LogP contribution is -2.09. The van der Waals surface area contributed by atoms with Crippen LogP contribution >= 0.6 is 0 Å². The van der Waals surface area contributed by atoms with Crippen LogP contribution in [0.5, 0.6) is 11.5 Å². The molecular formula is C14H12O3. The van der Waals surface area contributed by atoms with Crippen LogP contribution in [0.2, 0.25) is 0 Å². The first-order valence-corrected chi connectivity index (χ1v) is 5.24. The first kappa shape index (κ1) is 11.2. The van der Waals surface area contributed by atoms with Gasteiger partial charge in [-0.2, -0.15) is 0 Å². The zero-order chi connectivity index (χ0) is 12.3. The van der Waals surface area contributed by atoms with E-state index >= 15 is 0 Å². The van der Waals surface area contributed by atoms with Crippen LogP contribution in [0.15, 0.2) is 48.5 Å². The topological polar surface area (TPSA) is 46.5 Å². The number of aromatic hydroxyl groups is 1. The lowest BCUT2D eigenvalue weighted by molar-refractivity contribution is 0.0728. The van der Waals surface area contributed by atoms with Crippen molar-refractivity contribution in [2.45, 2.75) is 6.92 Å². The molecular weight excluding hydrogens is 216 g/mol. The van der Waals surface area contributed by atoms with E-state index in [1.54, 1.807) is 43.3 Å². The standard InChI is InChI=1S/C14H12O3/c1-10-6-5-9-12(15)13(10)17-14(16)11-7-3-2-4-8-11/h2-9,15H,1H3. The largest absolute Gasteiger partial charge is 0.504 e. The van der Waals surface area contributed by atoms with Crippen molar-refractivity contribution >= 4 is 5.97 Å². The van der Waals surface area contributed by atoms with Gasteiger partial charge in [0.1, 0.15) is 0 Å². The minimum Gasteiger partial charge on any atom is -0.504 e. The lowest BCUT2D eigenvalue weighted by Gasteiger charge is -2.08. The number of hydrogen-bond acceptors (Lipinski definition) is 3. The number of carbonyl (C=O) groups is 1. The number of benzene rings is 2. The molecule has 2 aromatic rings. The van der Waals surface area contributed by atoms with Crippen LogP contribution in [0.25, 0.3) is 0 Å². The average Bonchev–Trinajstić information content (AvgIpc) is 2.35. The van der Waals surface area contributed by atoms with Gasteiger partial charge in [0.2, 0.25) is 0 Å². The van der Waals surface area contributed by atoms with Gasteiger partial charge >= 0.3 is 5.97 Å². The molecule has 0 atom stereocenters. The molecule has 2 aromatic carbocycles. The van der Waals surface area contributed by atoms with E-state index in [9.17, 15) is 9.90 Å². The van der Waals surface area contributed by atoms with E-state index in [1.807, 2.05) is 6.07 Å². The fourth-order valence-corrected chi connectivity index (χ4v) is 1.50. The van der Waals surface area contributed by atoms with E-state index in [-0.39, 0.29) is 11.5 Å². The van der Waals surface area contributed by atoms with Crippen molar-refractivity contribution in [2.24, 2.45) is 0 Å². The van der Waals surface area contributed by atoms with Crippen molar-refractivity contribution in [3.8, 4) is 11.5 Å². The van der Waals surface area contributed by atoms with E-state index in [4.69, 9.17) is 4.74 Å². The molecule has 0 aromatic heterocycles. The number of para-hydroxylation sites is 1. The van der Waals surface area contributed by atoms with Crippen LogP contribution in [0.1, 0.15) is 15.9 Å². The Hall–Kier alpha value is -2.29. The number of phenolic OH excluding ortho intramolecular Hbond substituents is 1. The second-order valence-corrected chi connectivity index (χ2v) is 3.68. The summed E-state index contributed by atoms with van der Waals surface area (Å²) in [5.74, 6) is -0.300.